The van der Waals surface area contributed by atoms with Gasteiger partial charge in [-0.1, -0.05) is 24.3 Å². The van der Waals surface area contributed by atoms with E-state index in [1.165, 1.54) is 11.3 Å². The van der Waals surface area contributed by atoms with E-state index in [9.17, 15) is 8.42 Å². The molecule has 1 heterocycles. The van der Waals surface area contributed by atoms with Crippen LogP contribution in [0.25, 0.3) is 0 Å². The molecule has 148 valence electrons. The summed E-state index contributed by atoms with van der Waals surface area (Å²) < 4.78 is 23.5. The van der Waals surface area contributed by atoms with Crippen molar-refractivity contribution in [1.82, 2.24) is 0 Å². The molecule has 0 saturated carbocycles. The van der Waals surface area contributed by atoms with Crippen LogP contribution in [0.5, 0.6) is 0 Å². The zero-order valence-corrected chi connectivity index (χ0v) is 17.1. The van der Waals surface area contributed by atoms with Crippen molar-refractivity contribution >= 4 is 21.4 Å². The number of rotatable bonds is 5. The van der Waals surface area contributed by atoms with Gasteiger partial charge in [-0.25, -0.2) is 13.6 Å². The molecule has 3 N–H and O–H groups in total. The van der Waals surface area contributed by atoms with Crippen molar-refractivity contribution in [2.24, 2.45) is 11.1 Å². The number of hydrogen-bond acceptors (Lipinski definition) is 4. The zero-order chi connectivity index (χ0) is 19.9. The molecule has 3 unspecified atom stereocenters. The molecule has 0 amide bonds. The Bertz CT molecular complexity index is 995. The van der Waals surface area contributed by atoms with E-state index < -0.39 is 10.0 Å². The van der Waals surface area contributed by atoms with Crippen molar-refractivity contribution in [3.63, 3.8) is 0 Å². The SMILES string of the molecule is CCN(CC)c1ccc(C2Nc3ccc(S(N)(=O)=O)cc3C3C=CCC32)cc1. The van der Waals surface area contributed by atoms with Crippen LogP contribution in [0.3, 0.4) is 0 Å². The van der Waals surface area contributed by atoms with Gasteiger partial charge in [0.1, 0.15) is 0 Å². The predicted molar refractivity (Wildman–Crippen MR) is 114 cm³/mol. The molecule has 1 aliphatic carbocycles. The monoisotopic (exact) mass is 397 g/mol. The van der Waals surface area contributed by atoms with E-state index in [1.807, 2.05) is 6.07 Å². The first-order chi connectivity index (χ1) is 13.4. The summed E-state index contributed by atoms with van der Waals surface area (Å²) in [5.41, 5.74) is 4.50. The highest BCUT2D eigenvalue weighted by Gasteiger charge is 2.38. The van der Waals surface area contributed by atoms with E-state index >= 15 is 0 Å². The lowest BCUT2D eigenvalue weighted by molar-refractivity contribution is 0.425. The number of anilines is 2. The molecule has 3 atom stereocenters. The van der Waals surface area contributed by atoms with Gasteiger partial charge in [-0.3, -0.25) is 0 Å². The third kappa shape index (κ3) is 3.31. The van der Waals surface area contributed by atoms with Crippen molar-refractivity contribution in [2.75, 3.05) is 23.3 Å². The molecular formula is C22H27N3O2S. The zero-order valence-electron chi connectivity index (χ0n) is 16.3. The first-order valence-corrected chi connectivity index (χ1v) is 11.4. The summed E-state index contributed by atoms with van der Waals surface area (Å²) in [5.74, 6) is 0.563. The molecule has 0 bridgehead atoms. The van der Waals surface area contributed by atoms with Crippen LogP contribution >= 0.6 is 0 Å². The Morgan fingerprint density at radius 1 is 1.11 bits per heavy atom. The Balaban J connectivity index is 1.68. The molecule has 2 aliphatic rings. The van der Waals surface area contributed by atoms with Gasteiger partial charge >= 0.3 is 0 Å². The number of primary sulfonamides is 1. The number of benzene rings is 2. The van der Waals surface area contributed by atoms with Crippen LogP contribution in [0.2, 0.25) is 0 Å². The average molecular weight is 398 g/mol. The minimum absolute atomic E-state index is 0.175. The molecule has 5 nitrogen and oxygen atoms in total. The Hall–Kier alpha value is -2.31. The molecule has 4 rings (SSSR count). The molecule has 0 aromatic heterocycles. The van der Waals surface area contributed by atoms with Crippen LogP contribution in [-0.4, -0.2) is 21.5 Å². The second-order valence-electron chi connectivity index (χ2n) is 7.53. The maximum Gasteiger partial charge on any atom is 0.238 e. The van der Waals surface area contributed by atoms with Gasteiger partial charge in [-0.05, 0) is 67.6 Å². The topological polar surface area (TPSA) is 75.4 Å². The van der Waals surface area contributed by atoms with Gasteiger partial charge in [-0.2, -0.15) is 0 Å². The van der Waals surface area contributed by atoms with Crippen LogP contribution < -0.4 is 15.4 Å². The highest BCUT2D eigenvalue weighted by Crippen LogP contribution is 2.50. The van der Waals surface area contributed by atoms with Gasteiger partial charge in [-0.15, -0.1) is 0 Å². The van der Waals surface area contributed by atoms with E-state index in [0.29, 0.717) is 5.92 Å². The molecule has 0 spiro atoms. The number of fused-ring (bicyclic) bond motifs is 3. The number of nitrogens with two attached hydrogens (primary N) is 1. The fourth-order valence-corrected chi connectivity index (χ4v) is 5.11. The fourth-order valence-electron chi connectivity index (χ4n) is 4.56. The van der Waals surface area contributed by atoms with Gasteiger partial charge < -0.3 is 10.2 Å². The molecule has 0 radical (unpaired) electrons. The van der Waals surface area contributed by atoms with Crippen molar-refractivity contribution in [2.45, 2.75) is 37.1 Å². The summed E-state index contributed by atoms with van der Waals surface area (Å²) in [7, 11) is -3.71. The number of nitrogens with one attached hydrogen (secondary N) is 1. The summed E-state index contributed by atoms with van der Waals surface area (Å²) in [4.78, 5) is 2.51. The van der Waals surface area contributed by atoms with E-state index in [4.69, 9.17) is 5.14 Å². The van der Waals surface area contributed by atoms with Crippen molar-refractivity contribution in [3.8, 4) is 0 Å². The maximum absolute atomic E-state index is 11.8. The highest BCUT2D eigenvalue weighted by atomic mass is 32.2. The smallest absolute Gasteiger partial charge is 0.238 e. The number of allylic oxidation sites excluding steroid dienone is 2. The number of sulfonamides is 1. The first-order valence-electron chi connectivity index (χ1n) is 9.87. The van der Waals surface area contributed by atoms with Gasteiger partial charge in [0.05, 0.1) is 10.9 Å². The van der Waals surface area contributed by atoms with Crippen molar-refractivity contribution in [3.05, 3.63) is 65.7 Å². The third-order valence-electron chi connectivity index (χ3n) is 6.04. The van der Waals surface area contributed by atoms with E-state index in [-0.39, 0.29) is 16.9 Å². The number of nitrogens with zero attached hydrogens (tertiary/aromatic N) is 1. The van der Waals surface area contributed by atoms with E-state index in [1.54, 1.807) is 12.1 Å². The minimum Gasteiger partial charge on any atom is -0.378 e. The largest absolute Gasteiger partial charge is 0.378 e. The van der Waals surface area contributed by atoms with E-state index in [2.05, 4.69) is 60.5 Å². The summed E-state index contributed by atoms with van der Waals surface area (Å²) in [6.07, 6.45) is 5.38. The van der Waals surface area contributed by atoms with Crippen LogP contribution in [0, 0.1) is 5.92 Å². The lowest BCUT2D eigenvalue weighted by Crippen LogP contribution is -2.29. The minimum atomic E-state index is -3.71. The van der Waals surface area contributed by atoms with Crippen LogP contribution in [-0.2, 0) is 10.0 Å². The van der Waals surface area contributed by atoms with Gasteiger partial charge in [0, 0.05) is 30.4 Å². The quantitative estimate of drug-likeness (QED) is 0.748. The Labute approximate surface area is 167 Å². The molecule has 0 saturated heterocycles. The first kappa shape index (κ1) is 19.0. The standard InChI is InChI=1S/C22H27N3O2S/c1-3-25(4-2)16-10-8-15(9-11-16)22-19-7-5-6-18(19)20-14-17(28(23,26)27)12-13-21(20)24-22/h5-6,8-14,18-19,22,24H,3-4,7H2,1-2H3,(H2,23,26,27). The predicted octanol–water partition coefficient (Wildman–Crippen LogP) is 4.01. The number of hydrogen-bond donors (Lipinski definition) is 2. The van der Waals surface area contributed by atoms with E-state index in [0.717, 1.165) is 30.8 Å². The highest BCUT2D eigenvalue weighted by molar-refractivity contribution is 7.89. The average Bonchev–Trinajstić information content (AvgIpc) is 3.18. The van der Waals surface area contributed by atoms with Gasteiger partial charge in [0.15, 0.2) is 0 Å². The fraction of sp³-hybridized carbons (Fsp3) is 0.364. The summed E-state index contributed by atoms with van der Waals surface area (Å²) >= 11 is 0. The molecule has 2 aromatic rings. The maximum atomic E-state index is 11.8. The molecule has 1 aliphatic heterocycles. The van der Waals surface area contributed by atoms with Crippen LogP contribution in [0.15, 0.2) is 59.5 Å². The Morgan fingerprint density at radius 2 is 1.82 bits per heavy atom. The molecule has 6 heteroatoms. The van der Waals surface area contributed by atoms with Crippen molar-refractivity contribution < 1.29 is 8.42 Å². The second-order valence-corrected chi connectivity index (χ2v) is 9.09. The summed E-state index contributed by atoms with van der Waals surface area (Å²) in [6.45, 7) is 6.32. The normalized spacial score (nSPS) is 23.0. The molecule has 2 aromatic carbocycles. The van der Waals surface area contributed by atoms with Gasteiger partial charge in [0.2, 0.25) is 10.0 Å². The van der Waals surface area contributed by atoms with Crippen LogP contribution in [0.4, 0.5) is 11.4 Å². The molecular weight excluding hydrogens is 370 g/mol. The Kier molecular flexibility index (Phi) is 4.93. The van der Waals surface area contributed by atoms with Crippen LogP contribution in [0.1, 0.15) is 43.4 Å². The summed E-state index contributed by atoms with van der Waals surface area (Å²) in [6, 6.07) is 14.2. The third-order valence-corrected chi connectivity index (χ3v) is 6.95. The summed E-state index contributed by atoms with van der Waals surface area (Å²) in [5, 5.41) is 8.99. The lowest BCUT2D eigenvalue weighted by Gasteiger charge is -2.38. The molecule has 28 heavy (non-hydrogen) atoms. The van der Waals surface area contributed by atoms with Crippen molar-refractivity contribution in [1.29, 1.82) is 0 Å². The Morgan fingerprint density at radius 3 is 2.46 bits per heavy atom. The molecule has 0 fully saturated rings. The lowest BCUT2D eigenvalue weighted by atomic mass is 9.77. The second kappa shape index (κ2) is 7.26. The van der Waals surface area contributed by atoms with Gasteiger partial charge in [0.25, 0.3) is 0 Å².